The van der Waals surface area contributed by atoms with Gasteiger partial charge in [0.05, 0.1) is 34.8 Å². The molecule has 30 heavy (non-hydrogen) atoms. The molecule has 0 saturated carbocycles. The van der Waals surface area contributed by atoms with Crippen LogP contribution in [0.1, 0.15) is 23.7 Å². The molecule has 1 aliphatic rings. The number of carbonyl (C=O) groups excluding carboxylic acids is 2. The highest BCUT2D eigenvalue weighted by molar-refractivity contribution is 6.42. The van der Waals surface area contributed by atoms with Crippen molar-refractivity contribution in [2.45, 2.75) is 18.9 Å². The molecule has 0 aromatic heterocycles. The average Bonchev–Trinajstić information content (AvgIpc) is 3.02. The zero-order chi connectivity index (χ0) is 21.7. The number of carbonyl (C=O) groups is 2. The molecule has 2 amide bonds. The standard InChI is InChI=1S/C22H22Cl2N2O4/c23-17-9-8-14(11-18(17)24)5-4-10-25-21(29)16-12-26(22(30)20(16)28)13-19(27)15-6-2-1-3-7-15/h1-3,6-9,11,19,27-28H,4-5,10,12-13H2,(H,25,29)/t19-/m1/s1. The molecule has 158 valence electrons. The SMILES string of the molecule is O=C(NCCCc1ccc(Cl)c(Cl)c1)C1=C(O)C(=O)N(C[C@@H](O)c2ccccc2)C1. The van der Waals surface area contributed by atoms with Gasteiger partial charge in [-0.1, -0.05) is 59.6 Å². The number of hydrogen-bond acceptors (Lipinski definition) is 4. The van der Waals surface area contributed by atoms with Gasteiger partial charge in [-0.2, -0.15) is 0 Å². The Bertz CT molecular complexity index is 963. The summed E-state index contributed by atoms with van der Waals surface area (Å²) in [7, 11) is 0. The number of halogens is 2. The van der Waals surface area contributed by atoms with Gasteiger partial charge < -0.3 is 20.4 Å². The topological polar surface area (TPSA) is 89.9 Å². The van der Waals surface area contributed by atoms with E-state index in [0.717, 1.165) is 5.56 Å². The van der Waals surface area contributed by atoms with E-state index in [1.165, 1.54) is 4.90 Å². The zero-order valence-corrected chi connectivity index (χ0v) is 17.7. The molecule has 8 heteroatoms. The van der Waals surface area contributed by atoms with Crippen molar-refractivity contribution in [1.29, 1.82) is 0 Å². The molecule has 6 nitrogen and oxygen atoms in total. The van der Waals surface area contributed by atoms with Gasteiger partial charge in [0.2, 0.25) is 0 Å². The zero-order valence-electron chi connectivity index (χ0n) is 16.1. The number of hydrogen-bond donors (Lipinski definition) is 3. The Balaban J connectivity index is 1.49. The van der Waals surface area contributed by atoms with Crippen LogP contribution >= 0.6 is 23.2 Å². The molecular formula is C22H22Cl2N2O4. The van der Waals surface area contributed by atoms with Crippen LogP contribution in [-0.4, -0.2) is 46.6 Å². The van der Waals surface area contributed by atoms with E-state index in [1.54, 1.807) is 36.4 Å². The van der Waals surface area contributed by atoms with Crippen molar-refractivity contribution in [3.05, 3.63) is 81.0 Å². The molecular weight excluding hydrogens is 427 g/mol. The van der Waals surface area contributed by atoms with Crippen molar-refractivity contribution in [3.63, 3.8) is 0 Å². The van der Waals surface area contributed by atoms with Gasteiger partial charge >= 0.3 is 0 Å². The Morgan fingerprint density at radius 2 is 1.87 bits per heavy atom. The first-order valence-electron chi connectivity index (χ1n) is 9.53. The lowest BCUT2D eigenvalue weighted by atomic mass is 10.1. The molecule has 2 aromatic carbocycles. The molecule has 0 unspecified atom stereocenters. The minimum Gasteiger partial charge on any atom is -0.503 e. The van der Waals surface area contributed by atoms with Gasteiger partial charge in [0, 0.05) is 6.54 Å². The molecule has 3 rings (SSSR count). The van der Waals surface area contributed by atoms with Crippen molar-refractivity contribution in [2.75, 3.05) is 19.6 Å². The molecule has 1 atom stereocenters. The fourth-order valence-corrected chi connectivity index (χ4v) is 3.55. The molecule has 2 aromatic rings. The number of β-amino-alcohol motifs (C(OH)–C–C–N with tert-alkyl or cyclic N) is 1. The summed E-state index contributed by atoms with van der Waals surface area (Å²) in [5.74, 6) is -1.73. The van der Waals surface area contributed by atoms with E-state index in [9.17, 15) is 19.8 Å². The van der Waals surface area contributed by atoms with Gasteiger partial charge in [-0.3, -0.25) is 9.59 Å². The number of aliphatic hydroxyl groups is 2. The molecule has 0 bridgehead atoms. The fourth-order valence-electron chi connectivity index (χ4n) is 3.23. The van der Waals surface area contributed by atoms with Gasteiger partial charge in [0.1, 0.15) is 0 Å². The normalized spacial score (nSPS) is 14.9. The van der Waals surface area contributed by atoms with Gasteiger partial charge in [-0.25, -0.2) is 0 Å². The molecule has 0 aliphatic carbocycles. The number of nitrogens with zero attached hydrogens (tertiary/aromatic N) is 1. The van der Waals surface area contributed by atoms with Crippen LogP contribution in [0.4, 0.5) is 0 Å². The third-order valence-corrected chi connectivity index (χ3v) is 5.63. The third kappa shape index (κ3) is 5.33. The lowest BCUT2D eigenvalue weighted by Gasteiger charge is -2.20. The second kappa shape index (κ2) is 9.98. The summed E-state index contributed by atoms with van der Waals surface area (Å²) >= 11 is 11.9. The molecule has 1 aliphatic heterocycles. The first kappa shape index (κ1) is 22.2. The van der Waals surface area contributed by atoms with E-state index >= 15 is 0 Å². The predicted octanol–water partition coefficient (Wildman–Crippen LogP) is 3.43. The monoisotopic (exact) mass is 448 g/mol. The Kier molecular flexibility index (Phi) is 7.37. The lowest BCUT2D eigenvalue weighted by molar-refractivity contribution is -0.129. The number of amides is 2. The molecule has 0 fully saturated rings. The van der Waals surface area contributed by atoms with E-state index in [4.69, 9.17) is 23.2 Å². The van der Waals surface area contributed by atoms with Crippen LogP contribution in [0.15, 0.2) is 59.9 Å². The second-order valence-corrected chi connectivity index (χ2v) is 7.86. The Morgan fingerprint density at radius 1 is 1.13 bits per heavy atom. The quantitative estimate of drug-likeness (QED) is 0.539. The summed E-state index contributed by atoms with van der Waals surface area (Å²) in [6, 6.07) is 14.3. The van der Waals surface area contributed by atoms with Gasteiger partial charge in [0.15, 0.2) is 5.76 Å². The maximum absolute atomic E-state index is 12.4. The van der Waals surface area contributed by atoms with Crippen molar-refractivity contribution in [3.8, 4) is 0 Å². The van der Waals surface area contributed by atoms with Crippen LogP contribution in [-0.2, 0) is 16.0 Å². The summed E-state index contributed by atoms with van der Waals surface area (Å²) < 4.78 is 0. The van der Waals surface area contributed by atoms with Crippen LogP contribution in [0.3, 0.4) is 0 Å². The van der Waals surface area contributed by atoms with E-state index in [0.29, 0.717) is 35.0 Å². The van der Waals surface area contributed by atoms with E-state index in [1.807, 2.05) is 12.1 Å². The molecule has 1 heterocycles. The van der Waals surface area contributed by atoms with Crippen molar-refractivity contribution in [1.82, 2.24) is 10.2 Å². The van der Waals surface area contributed by atoms with Crippen LogP contribution in [0, 0.1) is 0 Å². The summed E-state index contributed by atoms with van der Waals surface area (Å²) in [4.78, 5) is 25.9. The minimum atomic E-state index is -0.906. The van der Waals surface area contributed by atoms with Crippen LogP contribution in [0.2, 0.25) is 10.0 Å². The maximum atomic E-state index is 12.4. The summed E-state index contributed by atoms with van der Waals surface area (Å²) in [5.41, 5.74) is 1.66. The highest BCUT2D eigenvalue weighted by Crippen LogP contribution is 2.23. The maximum Gasteiger partial charge on any atom is 0.289 e. The highest BCUT2D eigenvalue weighted by atomic mass is 35.5. The number of rotatable bonds is 8. The fraction of sp³-hybridized carbons (Fsp3) is 0.273. The average molecular weight is 449 g/mol. The van der Waals surface area contributed by atoms with Gasteiger partial charge in [0.25, 0.3) is 11.8 Å². The highest BCUT2D eigenvalue weighted by Gasteiger charge is 2.34. The van der Waals surface area contributed by atoms with Gasteiger partial charge in [-0.05, 0) is 36.1 Å². The van der Waals surface area contributed by atoms with E-state index < -0.39 is 23.7 Å². The number of aryl methyl sites for hydroxylation is 1. The van der Waals surface area contributed by atoms with Crippen molar-refractivity contribution >= 4 is 35.0 Å². The predicted molar refractivity (Wildman–Crippen MR) is 115 cm³/mol. The van der Waals surface area contributed by atoms with E-state index in [-0.39, 0.29) is 18.7 Å². The number of aliphatic hydroxyl groups excluding tert-OH is 2. The number of benzene rings is 2. The van der Waals surface area contributed by atoms with Crippen molar-refractivity contribution in [2.24, 2.45) is 0 Å². The number of nitrogens with one attached hydrogen (secondary N) is 1. The van der Waals surface area contributed by atoms with Gasteiger partial charge in [-0.15, -0.1) is 0 Å². The first-order chi connectivity index (χ1) is 14.4. The first-order valence-corrected chi connectivity index (χ1v) is 10.3. The van der Waals surface area contributed by atoms with Crippen molar-refractivity contribution < 1.29 is 19.8 Å². The summed E-state index contributed by atoms with van der Waals surface area (Å²) in [6.07, 6.45) is 0.440. The molecule has 3 N–H and O–H groups in total. The Morgan fingerprint density at radius 3 is 2.57 bits per heavy atom. The summed E-state index contributed by atoms with van der Waals surface area (Å²) in [5, 5.41) is 24.1. The smallest absolute Gasteiger partial charge is 0.289 e. The largest absolute Gasteiger partial charge is 0.503 e. The van der Waals surface area contributed by atoms with E-state index in [2.05, 4.69) is 5.32 Å². The minimum absolute atomic E-state index is 0.00907. The lowest BCUT2D eigenvalue weighted by Crippen LogP contribution is -2.33. The van der Waals surface area contributed by atoms with Crippen LogP contribution in [0.5, 0.6) is 0 Å². The molecule has 0 saturated heterocycles. The second-order valence-electron chi connectivity index (χ2n) is 7.05. The summed E-state index contributed by atoms with van der Waals surface area (Å²) in [6.45, 7) is 0.310. The van der Waals surface area contributed by atoms with Crippen LogP contribution in [0.25, 0.3) is 0 Å². The Hall–Kier alpha value is -2.54. The Labute approximate surface area is 184 Å². The third-order valence-electron chi connectivity index (χ3n) is 4.89. The molecule has 0 spiro atoms. The molecule has 0 radical (unpaired) electrons. The van der Waals surface area contributed by atoms with Crippen LogP contribution < -0.4 is 5.32 Å².